The highest BCUT2D eigenvalue weighted by Gasteiger charge is 2.16. The molecule has 4 aromatic rings. The molecule has 0 aliphatic heterocycles. The van der Waals surface area contributed by atoms with Crippen molar-refractivity contribution in [2.45, 2.75) is 40.5 Å². The molecule has 2 heterocycles. The molecule has 0 saturated carbocycles. The van der Waals surface area contributed by atoms with Gasteiger partial charge in [0.25, 0.3) is 0 Å². The number of aromatic nitrogens is 3. The van der Waals surface area contributed by atoms with Gasteiger partial charge in [-0.3, -0.25) is 4.79 Å². The smallest absolute Gasteiger partial charge is 0.229 e. The summed E-state index contributed by atoms with van der Waals surface area (Å²) < 4.78 is 2.85. The van der Waals surface area contributed by atoms with E-state index in [1.165, 1.54) is 11.1 Å². The van der Waals surface area contributed by atoms with E-state index in [0.29, 0.717) is 12.2 Å². The molecule has 0 spiro atoms. The number of nitrogens with zero attached hydrogens (tertiary/aromatic N) is 3. The number of carbonyl (C=O) groups excluding carboxylic acids is 1. The molecule has 1 N–H and O–H groups in total. The van der Waals surface area contributed by atoms with Crippen LogP contribution in [0.15, 0.2) is 42.5 Å². The number of hydrogen-bond donors (Lipinski definition) is 1. The first-order valence-electron chi connectivity index (χ1n) is 9.75. The maximum atomic E-state index is 12.6. The third-order valence-corrected chi connectivity index (χ3v) is 5.87. The van der Waals surface area contributed by atoms with E-state index in [-0.39, 0.29) is 5.91 Å². The standard InChI is InChI=1S/C23H24N4OS/c1-5-17-6-8-18(9-7-17)13-21(28)24-20-12-16(4)26-27(20)23-25-22-15(3)10-14(2)11-19(22)29-23/h6-12H,5,13H2,1-4H3,(H,24,28). The molecule has 1 amide bonds. The van der Waals surface area contributed by atoms with Crippen LogP contribution in [0.1, 0.15) is 34.9 Å². The third kappa shape index (κ3) is 4.07. The Morgan fingerprint density at radius 2 is 1.79 bits per heavy atom. The maximum Gasteiger partial charge on any atom is 0.229 e. The summed E-state index contributed by atoms with van der Waals surface area (Å²) in [6.45, 7) is 8.19. The van der Waals surface area contributed by atoms with E-state index < -0.39 is 0 Å². The second-order valence-corrected chi connectivity index (χ2v) is 8.41. The molecular weight excluding hydrogens is 380 g/mol. The van der Waals surface area contributed by atoms with Crippen LogP contribution in [-0.4, -0.2) is 20.7 Å². The third-order valence-electron chi connectivity index (χ3n) is 4.89. The average molecular weight is 405 g/mol. The van der Waals surface area contributed by atoms with Crippen LogP contribution in [0.3, 0.4) is 0 Å². The predicted molar refractivity (Wildman–Crippen MR) is 119 cm³/mol. The van der Waals surface area contributed by atoms with E-state index in [1.807, 2.05) is 25.1 Å². The number of nitrogens with one attached hydrogen (secondary N) is 1. The Bertz CT molecular complexity index is 1190. The predicted octanol–water partition coefficient (Wildman–Crippen LogP) is 5.15. The highest BCUT2D eigenvalue weighted by Crippen LogP contribution is 2.30. The highest BCUT2D eigenvalue weighted by atomic mass is 32.1. The molecule has 0 saturated heterocycles. The van der Waals surface area contributed by atoms with Crippen molar-refractivity contribution in [2.24, 2.45) is 0 Å². The topological polar surface area (TPSA) is 59.8 Å². The lowest BCUT2D eigenvalue weighted by Crippen LogP contribution is -2.17. The first-order valence-corrected chi connectivity index (χ1v) is 10.6. The van der Waals surface area contributed by atoms with Crippen LogP contribution >= 0.6 is 11.3 Å². The molecule has 29 heavy (non-hydrogen) atoms. The quantitative estimate of drug-likeness (QED) is 0.500. The van der Waals surface area contributed by atoms with Crippen LogP contribution in [0, 0.1) is 20.8 Å². The van der Waals surface area contributed by atoms with Crippen LogP contribution in [0.25, 0.3) is 15.3 Å². The van der Waals surface area contributed by atoms with Gasteiger partial charge in [-0.1, -0.05) is 48.6 Å². The van der Waals surface area contributed by atoms with Crippen LogP contribution in [0.5, 0.6) is 0 Å². The van der Waals surface area contributed by atoms with Gasteiger partial charge in [0.2, 0.25) is 11.0 Å². The molecular formula is C23H24N4OS. The minimum atomic E-state index is -0.0662. The number of rotatable bonds is 5. The molecule has 2 aromatic heterocycles. The molecule has 0 unspecified atom stereocenters. The van der Waals surface area contributed by atoms with Gasteiger partial charge < -0.3 is 5.32 Å². The number of fused-ring (bicyclic) bond motifs is 1. The zero-order valence-corrected chi connectivity index (χ0v) is 17.9. The summed E-state index contributed by atoms with van der Waals surface area (Å²) in [6, 6.07) is 14.3. The van der Waals surface area contributed by atoms with Gasteiger partial charge in [-0.25, -0.2) is 4.98 Å². The van der Waals surface area contributed by atoms with Gasteiger partial charge >= 0.3 is 0 Å². The van der Waals surface area contributed by atoms with Crippen molar-refractivity contribution in [3.63, 3.8) is 0 Å². The Morgan fingerprint density at radius 3 is 2.52 bits per heavy atom. The number of aryl methyl sites for hydroxylation is 4. The number of anilines is 1. The zero-order chi connectivity index (χ0) is 20.5. The van der Waals surface area contributed by atoms with Gasteiger partial charge in [-0.15, -0.1) is 0 Å². The van der Waals surface area contributed by atoms with Crippen molar-refractivity contribution >= 4 is 33.3 Å². The summed E-state index contributed by atoms with van der Waals surface area (Å²) in [5.41, 5.74) is 6.44. The molecule has 0 atom stereocenters. The van der Waals surface area contributed by atoms with Crippen LogP contribution in [-0.2, 0) is 17.6 Å². The fourth-order valence-corrected chi connectivity index (χ4v) is 4.56. The minimum Gasteiger partial charge on any atom is -0.310 e. The van der Waals surface area contributed by atoms with Crippen molar-refractivity contribution in [1.82, 2.24) is 14.8 Å². The Labute approximate surface area is 174 Å². The van der Waals surface area contributed by atoms with Crippen molar-refractivity contribution in [3.8, 4) is 5.13 Å². The average Bonchev–Trinajstić information content (AvgIpc) is 3.25. The molecule has 0 bridgehead atoms. The molecule has 4 rings (SSSR count). The first kappa shape index (κ1) is 19.3. The summed E-state index contributed by atoms with van der Waals surface area (Å²) >= 11 is 1.58. The molecule has 2 aromatic carbocycles. The zero-order valence-electron chi connectivity index (χ0n) is 17.1. The van der Waals surface area contributed by atoms with Gasteiger partial charge in [-0.05, 0) is 55.5 Å². The summed E-state index contributed by atoms with van der Waals surface area (Å²) in [5, 5.41) is 8.32. The van der Waals surface area contributed by atoms with E-state index in [2.05, 4.69) is 55.5 Å². The fraction of sp³-hybridized carbons (Fsp3) is 0.261. The molecule has 0 radical (unpaired) electrons. The molecule has 6 heteroatoms. The van der Waals surface area contributed by atoms with Crippen molar-refractivity contribution in [3.05, 3.63) is 70.4 Å². The second kappa shape index (κ2) is 7.79. The molecule has 148 valence electrons. The Kier molecular flexibility index (Phi) is 5.20. The lowest BCUT2D eigenvalue weighted by atomic mass is 10.1. The monoisotopic (exact) mass is 404 g/mol. The molecule has 0 aliphatic carbocycles. The minimum absolute atomic E-state index is 0.0662. The van der Waals surface area contributed by atoms with E-state index in [0.717, 1.165) is 38.6 Å². The van der Waals surface area contributed by atoms with E-state index in [9.17, 15) is 4.79 Å². The lowest BCUT2D eigenvalue weighted by molar-refractivity contribution is -0.115. The Hall–Kier alpha value is -2.99. The lowest BCUT2D eigenvalue weighted by Gasteiger charge is -2.07. The molecule has 5 nitrogen and oxygen atoms in total. The number of thiazole rings is 1. The number of carbonyl (C=O) groups is 1. The van der Waals surface area contributed by atoms with E-state index >= 15 is 0 Å². The van der Waals surface area contributed by atoms with Crippen LogP contribution < -0.4 is 5.32 Å². The fourth-order valence-electron chi connectivity index (χ4n) is 3.45. The Balaban J connectivity index is 1.59. The van der Waals surface area contributed by atoms with Gasteiger partial charge in [-0.2, -0.15) is 9.78 Å². The van der Waals surface area contributed by atoms with Crippen molar-refractivity contribution in [2.75, 3.05) is 5.32 Å². The summed E-state index contributed by atoms with van der Waals surface area (Å²) in [7, 11) is 0. The van der Waals surface area contributed by atoms with E-state index in [1.54, 1.807) is 16.0 Å². The van der Waals surface area contributed by atoms with Crippen LogP contribution in [0.2, 0.25) is 0 Å². The molecule has 0 fully saturated rings. The van der Waals surface area contributed by atoms with Gasteiger partial charge in [0.05, 0.1) is 22.3 Å². The largest absolute Gasteiger partial charge is 0.310 e. The van der Waals surface area contributed by atoms with Crippen LogP contribution in [0.4, 0.5) is 5.82 Å². The van der Waals surface area contributed by atoms with Crippen molar-refractivity contribution < 1.29 is 4.79 Å². The first-order chi connectivity index (χ1) is 13.9. The van der Waals surface area contributed by atoms with Gasteiger partial charge in [0.15, 0.2) is 0 Å². The second-order valence-electron chi connectivity index (χ2n) is 7.40. The Morgan fingerprint density at radius 1 is 1.07 bits per heavy atom. The number of amides is 1. The SMILES string of the molecule is CCc1ccc(CC(=O)Nc2cc(C)nn2-c2nc3c(C)cc(C)cc3s2)cc1. The highest BCUT2D eigenvalue weighted by molar-refractivity contribution is 7.20. The number of benzene rings is 2. The number of hydrogen-bond acceptors (Lipinski definition) is 4. The summed E-state index contributed by atoms with van der Waals surface area (Å²) in [5.74, 6) is 0.578. The maximum absolute atomic E-state index is 12.6. The summed E-state index contributed by atoms with van der Waals surface area (Å²) in [4.78, 5) is 17.4. The van der Waals surface area contributed by atoms with Gasteiger partial charge in [0.1, 0.15) is 5.82 Å². The normalized spacial score (nSPS) is 11.2. The van der Waals surface area contributed by atoms with Crippen molar-refractivity contribution in [1.29, 1.82) is 0 Å². The van der Waals surface area contributed by atoms with E-state index in [4.69, 9.17) is 4.98 Å². The summed E-state index contributed by atoms with van der Waals surface area (Å²) in [6.07, 6.45) is 1.32. The molecule has 0 aliphatic rings. The van der Waals surface area contributed by atoms with Gasteiger partial charge in [0, 0.05) is 6.07 Å².